The van der Waals surface area contributed by atoms with Gasteiger partial charge >= 0.3 is 0 Å². The Bertz CT molecular complexity index is 234. The van der Waals surface area contributed by atoms with E-state index in [0.29, 0.717) is 25.0 Å². The molecule has 0 aromatic carbocycles. The largest absolute Gasteiger partial charge is 0.370 e. The quantitative estimate of drug-likeness (QED) is 0.661. The van der Waals surface area contributed by atoms with E-state index >= 15 is 0 Å². The number of likely N-dealkylation sites (N-methyl/N-ethyl adjacent to an activating group) is 1. The molecule has 0 bridgehead atoms. The summed E-state index contributed by atoms with van der Waals surface area (Å²) in [5.74, 6) is -0.269. The lowest BCUT2D eigenvalue weighted by Gasteiger charge is -2.45. The van der Waals surface area contributed by atoms with Crippen molar-refractivity contribution in [3.8, 4) is 0 Å². The van der Waals surface area contributed by atoms with Crippen LogP contribution in [0.15, 0.2) is 0 Å². The first-order valence-electron chi connectivity index (χ1n) is 5.90. The SMILES string of the molecule is CC1CN(C(CN)CC(N)=O)CC(C)N1C. The first kappa shape index (κ1) is 13.4. The van der Waals surface area contributed by atoms with E-state index in [2.05, 4.69) is 30.7 Å². The van der Waals surface area contributed by atoms with Crippen molar-refractivity contribution in [3.63, 3.8) is 0 Å². The minimum atomic E-state index is -0.269. The van der Waals surface area contributed by atoms with Crippen LogP contribution in [-0.2, 0) is 4.79 Å². The van der Waals surface area contributed by atoms with Crippen LogP contribution in [-0.4, -0.2) is 60.5 Å². The highest BCUT2D eigenvalue weighted by atomic mass is 16.1. The van der Waals surface area contributed by atoms with Crippen LogP contribution >= 0.6 is 0 Å². The Balaban J connectivity index is 2.61. The summed E-state index contributed by atoms with van der Waals surface area (Å²) in [6.45, 7) is 6.79. The molecule has 1 amide bonds. The molecule has 94 valence electrons. The Hall–Kier alpha value is -0.650. The van der Waals surface area contributed by atoms with Crippen LogP contribution in [0.2, 0.25) is 0 Å². The second kappa shape index (κ2) is 5.61. The predicted molar refractivity (Wildman–Crippen MR) is 64.9 cm³/mol. The van der Waals surface area contributed by atoms with Gasteiger partial charge in [0.25, 0.3) is 0 Å². The summed E-state index contributed by atoms with van der Waals surface area (Å²) in [6.07, 6.45) is 0.361. The molecule has 1 heterocycles. The molecule has 1 aliphatic rings. The standard InChI is InChI=1S/C11H24N4O/c1-8-6-15(7-9(2)14(8)3)10(5-12)4-11(13)16/h8-10H,4-7,12H2,1-3H3,(H2,13,16). The van der Waals surface area contributed by atoms with Gasteiger partial charge in [-0.15, -0.1) is 0 Å². The molecular weight excluding hydrogens is 204 g/mol. The third kappa shape index (κ3) is 3.17. The third-order valence-corrected chi connectivity index (χ3v) is 3.61. The fourth-order valence-electron chi connectivity index (χ4n) is 2.34. The maximum Gasteiger partial charge on any atom is 0.219 e. The lowest BCUT2D eigenvalue weighted by Crippen LogP contribution is -2.59. The fourth-order valence-corrected chi connectivity index (χ4v) is 2.34. The molecule has 0 aliphatic carbocycles. The van der Waals surface area contributed by atoms with Crippen molar-refractivity contribution in [2.75, 3.05) is 26.7 Å². The van der Waals surface area contributed by atoms with E-state index in [9.17, 15) is 4.79 Å². The number of piperazine rings is 1. The molecule has 0 saturated carbocycles. The number of carbonyl (C=O) groups is 1. The third-order valence-electron chi connectivity index (χ3n) is 3.61. The van der Waals surface area contributed by atoms with Crippen molar-refractivity contribution in [2.24, 2.45) is 11.5 Å². The van der Waals surface area contributed by atoms with Crippen molar-refractivity contribution in [1.82, 2.24) is 9.80 Å². The molecule has 0 radical (unpaired) electrons. The number of carbonyl (C=O) groups excluding carboxylic acids is 1. The van der Waals surface area contributed by atoms with Gasteiger partial charge in [-0.2, -0.15) is 0 Å². The zero-order chi connectivity index (χ0) is 12.3. The van der Waals surface area contributed by atoms with Gasteiger partial charge in [0, 0.05) is 44.2 Å². The zero-order valence-corrected chi connectivity index (χ0v) is 10.5. The normalized spacial score (nSPS) is 30.2. The van der Waals surface area contributed by atoms with Gasteiger partial charge in [-0.05, 0) is 20.9 Å². The minimum absolute atomic E-state index is 0.0936. The van der Waals surface area contributed by atoms with E-state index in [0.717, 1.165) is 13.1 Å². The molecule has 0 aromatic rings. The van der Waals surface area contributed by atoms with Crippen LogP contribution < -0.4 is 11.5 Å². The summed E-state index contributed by atoms with van der Waals surface area (Å²) in [4.78, 5) is 15.6. The van der Waals surface area contributed by atoms with Crippen LogP contribution in [0.3, 0.4) is 0 Å². The number of hydrogen-bond acceptors (Lipinski definition) is 4. The number of primary amides is 1. The Kier molecular flexibility index (Phi) is 4.70. The van der Waals surface area contributed by atoms with E-state index < -0.39 is 0 Å². The summed E-state index contributed by atoms with van der Waals surface area (Å²) < 4.78 is 0. The molecule has 0 aromatic heterocycles. The Labute approximate surface area is 97.7 Å². The molecule has 5 heteroatoms. The van der Waals surface area contributed by atoms with Crippen molar-refractivity contribution in [3.05, 3.63) is 0 Å². The maximum absolute atomic E-state index is 11.0. The van der Waals surface area contributed by atoms with Crippen molar-refractivity contribution < 1.29 is 4.79 Å². The van der Waals surface area contributed by atoms with E-state index in [-0.39, 0.29) is 11.9 Å². The summed E-state index contributed by atoms with van der Waals surface area (Å²) in [5, 5.41) is 0. The van der Waals surface area contributed by atoms with Crippen LogP contribution in [0, 0.1) is 0 Å². The average molecular weight is 228 g/mol. The molecule has 3 atom stereocenters. The summed E-state index contributed by atoms with van der Waals surface area (Å²) in [5.41, 5.74) is 11.0. The van der Waals surface area contributed by atoms with Gasteiger partial charge < -0.3 is 11.5 Å². The van der Waals surface area contributed by atoms with Crippen molar-refractivity contribution in [2.45, 2.75) is 38.4 Å². The fraction of sp³-hybridized carbons (Fsp3) is 0.909. The Morgan fingerprint density at radius 3 is 2.25 bits per heavy atom. The summed E-state index contributed by atoms with van der Waals surface area (Å²) in [7, 11) is 2.14. The predicted octanol–water partition coefficient (Wildman–Crippen LogP) is -0.786. The zero-order valence-electron chi connectivity index (χ0n) is 10.5. The molecule has 5 nitrogen and oxygen atoms in total. The van der Waals surface area contributed by atoms with Gasteiger partial charge in [-0.1, -0.05) is 0 Å². The monoisotopic (exact) mass is 228 g/mol. The average Bonchev–Trinajstić information content (AvgIpc) is 2.21. The topological polar surface area (TPSA) is 75.6 Å². The summed E-state index contributed by atoms with van der Waals surface area (Å²) >= 11 is 0. The lowest BCUT2D eigenvalue weighted by molar-refractivity contribution is -0.119. The molecule has 1 fully saturated rings. The van der Waals surface area contributed by atoms with Gasteiger partial charge in [0.05, 0.1) is 0 Å². The highest BCUT2D eigenvalue weighted by Crippen LogP contribution is 2.16. The molecule has 1 saturated heterocycles. The van der Waals surface area contributed by atoms with Gasteiger partial charge in [-0.3, -0.25) is 14.6 Å². The molecule has 4 N–H and O–H groups in total. The van der Waals surface area contributed by atoms with E-state index in [4.69, 9.17) is 11.5 Å². The molecular formula is C11H24N4O. The molecule has 0 spiro atoms. The van der Waals surface area contributed by atoms with Crippen LogP contribution in [0.1, 0.15) is 20.3 Å². The van der Waals surface area contributed by atoms with E-state index in [1.807, 2.05) is 0 Å². The number of amides is 1. The highest BCUT2D eigenvalue weighted by molar-refractivity contribution is 5.74. The second-order valence-electron chi connectivity index (χ2n) is 4.88. The second-order valence-corrected chi connectivity index (χ2v) is 4.88. The van der Waals surface area contributed by atoms with E-state index in [1.54, 1.807) is 0 Å². The smallest absolute Gasteiger partial charge is 0.219 e. The number of hydrogen-bond donors (Lipinski definition) is 2. The van der Waals surface area contributed by atoms with Crippen LogP contribution in [0.25, 0.3) is 0 Å². The van der Waals surface area contributed by atoms with Crippen molar-refractivity contribution in [1.29, 1.82) is 0 Å². The van der Waals surface area contributed by atoms with Crippen molar-refractivity contribution >= 4 is 5.91 Å². The maximum atomic E-state index is 11.0. The lowest BCUT2D eigenvalue weighted by atomic mass is 10.0. The molecule has 16 heavy (non-hydrogen) atoms. The van der Waals surface area contributed by atoms with Crippen LogP contribution in [0.5, 0.6) is 0 Å². The summed E-state index contributed by atoms with van der Waals surface area (Å²) in [6, 6.07) is 1.08. The van der Waals surface area contributed by atoms with E-state index in [1.165, 1.54) is 0 Å². The Morgan fingerprint density at radius 1 is 1.38 bits per heavy atom. The number of nitrogens with two attached hydrogens (primary N) is 2. The first-order chi connectivity index (χ1) is 7.45. The minimum Gasteiger partial charge on any atom is -0.370 e. The highest BCUT2D eigenvalue weighted by Gasteiger charge is 2.30. The van der Waals surface area contributed by atoms with Gasteiger partial charge in [0.15, 0.2) is 0 Å². The van der Waals surface area contributed by atoms with Gasteiger partial charge in [0.1, 0.15) is 0 Å². The number of rotatable bonds is 4. The van der Waals surface area contributed by atoms with Gasteiger partial charge in [-0.25, -0.2) is 0 Å². The first-order valence-corrected chi connectivity index (χ1v) is 5.90. The molecule has 3 unspecified atom stereocenters. The van der Waals surface area contributed by atoms with Gasteiger partial charge in [0.2, 0.25) is 5.91 Å². The molecule has 1 aliphatic heterocycles. The molecule has 1 rings (SSSR count). The number of nitrogens with zero attached hydrogens (tertiary/aromatic N) is 2. The Morgan fingerprint density at radius 2 is 1.88 bits per heavy atom. The van der Waals surface area contributed by atoms with Crippen LogP contribution in [0.4, 0.5) is 0 Å².